The highest BCUT2D eigenvalue weighted by molar-refractivity contribution is 7.16. The first-order valence-electron chi connectivity index (χ1n) is 13.2. The van der Waals surface area contributed by atoms with Crippen LogP contribution >= 0.6 is 11.3 Å². The quantitative estimate of drug-likeness (QED) is 0.410. The third-order valence-electron chi connectivity index (χ3n) is 8.46. The molecule has 0 bridgehead atoms. The fraction of sp³-hybridized carbons (Fsp3) is 0.464. The van der Waals surface area contributed by atoms with E-state index in [0.29, 0.717) is 17.9 Å². The van der Waals surface area contributed by atoms with Crippen molar-refractivity contribution in [3.63, 3.8) is 0 Å². The van der Waals surface area contributed by atoms with Gasteiger partial charge in [-0.2, -0.15) is 5.10 Å². The predicted octanol–water partition coefficient (Wildman–Crippen LogP) is 4.02. The summed E-state index contributed by atoms with van der Waals surface area (Å²) in [5, 5.41) is 5.39. The second-order valence-corrected chi connectivity index (χ2v) is 12.2. The van der Waals surface area contributed by atoms with Crippen LogP contribution in [-0.4, -0.2) is 66.5 Å². The van der Waals surface area contributed by atoms with Crippen molar-refractivity contribution < 1.29 is 4.79 Å². The summed E-state index contributed by atoms with van der Waals surface area (Å²) in [5.74, 6) is 1.00. The molecule has 2 saturated heterocycles. The SMILES string of the molecule is Cc1ccnc(-c2ccc3c(c2)CCC3N2CC3(CCN(C(=O)Cc4cn5nc(C)sc5n4)CC3)C2)n1. The van der Waals surface area contributed by atoms with Crippen LogP contribution in [0.1, 0.15) is 52.8 Å². The van der Waals surface area contributed by atoms with Crippen LogP contribution in [0.4, 0.5) is 0 Å². The number of carbonyl (C=O) groups is 1. The summed E-state index contributed by atoms with van der Waals surface area (Å²) in [4.78, 5) is 32.2. The molecule has 4 aromatic rings. The van der Waals surface area contributed by atoms with Crippen LogP contribution in [0, 0.1) is 19.3 Å². The monoisotopic (exact) mass is 513 g/mol. The van der Waals surface area contributed by atoms with E-state index in [9.17, 15) is 4.79 Å². The van der Waals surface area contributed by atoms with Gasteiger partial charge in [0.05, 0.1) is 18.3 Å². The molecule has 0 N–H and O–H groups in total. The minimum absolute atomic E-state index is 0.187. The lowest BCUT2D eigenvalue weighted by atomic mass is 9.71. The lowest BCUT2D eigenvalue weighted by Crippen LogP contribution is -2.61. The molecule has 9 heteroatoms. The summed E-state index contributed by atoms with van der Waals surface area (Å²) in [7, 11) is 0. The average molecular weight is 514 g/mol. The highest BCUT2D eigenvalue weighted by atomic mass is 32.1. The molecule has 190 valence electrons. The Kier molecular flexibility index (Phi) is 5.40. The number of aryl methyl sites for hydroxylation is 3. The number of fused-ring (bicyclic) bond motifs is 2. The molecular formula is C28H31N7OS. The van der Waals surface area contributed by atoms with Crippen LogP contribution in [0.5, 0.6) is 0 Å². The van der Waals surface area contributed by atoms with Gasteiger partial charge in [0.25, 0.3) is 0 Å². The molecule has 0 radical (unpaired) electrons. The van der Waals surface area contributed by atoms with Crippen LogP contribution in [0.3, 0.4) is 0 Å². The van der Waals surface area contributed by atoms with Crippen LogP contribution in [0.2, 0.25) is 0 Å². The van der Waals surface area contributed by atoms with E-state index in [2.05, 4.69) is 43.1 Å². The Morgan fingerprint density at radius 2 is 1.97 bits per heavy atom. The zero-order valence-corrected chi connectivity index (χ0v) is 22.2. The van der Waals surface area contributed by atoms with Gasteiger partial charge in [0.2, 0.25) is 10.9 Å². The molecule has 5 heterocycles. The number of amides is 1. The number of rotatable bonds is 4. The van der Waals surface area contributed by atoms with Crippen molar-refractivity contribution in [2.45, 2.75) is 52.0 Å². The maximum Gasteiger partial charge on any atom is 0.228 e. The Morgan fingerprint density at radius 3 is 2.76 bits per heavy atom. The Hall–Kier alpha value is -3.17. The van der Waals surface area contributed by atoms with E-state index >= 15 is 0 Å². The molecule has 1 aliphatic carbocycles. The van der Waals surface area contributed by atoms with Gasteiger partial charge in [-0.25, -0.2) is 19.5 Å². The molecule has 1 aromatic carbocycles. The van der Waals surface area contributed by atoms with Gasteiger partial charge in [0, 0.05) is 49.7 Å². The van der Waals surface area contributed by atoms with E-state index < -0.39 is 0 Å². The zero-order chi connectivity index (χ0) is 25.1. The maximum absolute atomic E-state index is 13.0. The van der Waals surface area contributed by atoms with Gasteiger partial charge in [-0.15, -0.1) is 0 Å². The van der Waals surface area contributed by atoms with Crippen molar-refractivity contribution in [1.29, 1.82) is 0 Å². The van der Waals surface area contributed by atoms with Gasteiger partial charge >= 0.3 is 0 Å². The van der Waals surface area contributed by atoms with Gasteiger partial charge in [-0.1, -0.05) is 23.5 Å². The molecule has 2 fully saturated rings. The molecule has 0 saturated carbocycles. The number of hydrogen-bond donors (Lipinski definition) is 0. The molecule has 7 rings (SSSR count). The van der Waals surface area contributed by atoms with E-state index in [1.165, 1.54) is 17.5 Å². The van der Waals surface area contributed by atoms with Crippen LogP contribution in [-0.2, 0) is 17.6 Å². The minimum Gasteiger partial charge on any atom is -0.342 e. The van der Waals surface area contributed by atoms with E-state index in [4.69, 9.17) is 0 Å². The molecule has 3 aromatic heterocycles. The summed E-state index contributed by atoms with van der Waals surface area (Å²) >= 11 is 1.56. The number of carbonyl (C=O) groups excluding carboxylic acids is 1. The fourth-order valence-electron chi connectivity index (χ4n) is 6.48. The van der Waals surface area contributed by atoms with Gasteiger partial charge < -0.3 is 4.90 Å². The molecule has 1 amide bonds. The first-order valence-corrected chi connectivity index (χ1v) is 14.0. The van der Waals surface area contributed by atoms with Crippen LogP contribution in [0.15, 0.2) is 36.7 Å². The van der Waals surface area contributed by atoms with Crippen LogP contribution < -0.4 is 0 Å². The summed E-state index contributed by atoms with van der Waals surface area (Å²) in [6, 6.07) is 9.24. The van der Waals surface area contributed by atoms with Crippen molar-refractivity contribution in [2.75, 3.05) is 26.2 Å². The lowest BCUT2D eigenvalue weighted by Gasteiger charge is -2.56. The molecule has 3 aliphatic rings. The fourth-order valence-corrected chi connectivity index (χ4v) is 7.22. The number of benzene rings is 1. The van der Waals surface area contributed by atoms with E-state index in [-0.39, 0.29) is 5.91 Å². The smallest absolute Gasteiger partial charge is 0.228 e. The number of imidazole rings is 1. The summed E-state index contributed by atoms with van der Waals surface area (Å²) in [5.41, 5.74) is 6.21. The number of aromatic nitrogens is 5. The first-order chi connectivity index (χ1) is 17.9. The van der Waals surface area contributed by atoms with Crippen molar-refractivity contribution in [3.8, 4) is 11.4 Å². The second kappa shape index (κ2) is 8.70. The Morgan fingerprint density at radius 1 is 1.14 bits per heavy atom. The summed E-state index contributed by atoms with van der Waals surface area (Å²) < 4.78 is 1.79. The van der Waals surface area contributed by atoms with Crippen molar-refractivity contribution in [2.24, 2.45) is 5.41 Å². The van der Waals surface area contributed by atoms with E-state index in [0.717, 1.165) is 78.2 Å². The highest BCUT2D eigenvalue weighted by Crippen LogP contribution is 2.48. The topological polar surface area (TPSA) is 79.5 Å². The maximum atomic E-state index is 13.0. The molecule has 2 aliphatic heterocycles. The number of piperidine rings is 1. The molecule has 1 unspecified atom stereocenters. The van der Waals surface area contributed by atoms with E-state index in [1.807, 2.05) is 37.2 Å². The van der Waals surface area contributed by atoms with Crippen LogP contribution in [0.25, 0.3) is 16.3 Å². The van der Waals surface area contributed by atoms with E-state index in [1.54, 1.807) is 15.9 Å². The predicted molar refractivity (Wildman–Crippen MR) is 142 cm³/mol. The molecular weight excluding hydrogens is 482 g/mol. The molecule has 1 atom stereocenters. The van der Waals surface area contributed by atoms with Gasteiger partial charge in [0.1, 0.15) is 5.01 Å². The largest absolute Gasteiger partial charge is 0.342 e. The van der Waals surface area contributed by atoms with Crippen molar-refractivity contribution in [1.82, 2.24) is 34.4 Å². The van der Waals surface area contributed by atoms with Crippen molar-refractivity contribution in [3.05, 3.63) is 64.2 Å². The average Bonchev–Trinajstić information content (AvgIpc) is 3.54. The Labute approximate surface area is 220 Å². The third-order valence-corrected chi connectivity index (χ3v) is 9.30. The van der Waals surface area contributed by atoms with Gasteiger partial charge in [-0.05, 0) is 68.2 Å². The van der Waals surface area contributed by atoms with Crippen molar-refractivity contribution >= 4 is 22.2 Å². The molecule has 1 spiro atoms. The third kappa shape index (κ3) is 4.14. The number of hydrogen-bond acceptors (Lipinski definition) is 7. The number of nitrogens with zero attached hydrogens (tertiary/aromatic N) is 7. The highest BCUT2D eigenvalue weighted by Gasteiger charge is 2.48. The first kappa shape index (κ1) is 23.0. The minimum atomic E-state index is 0.187. The van der Waals surface area contributed by atoms with Gasteiger partial charge in [0.15, 0.2) is 5.82 Å². The summed E-state index contributed by atoms with van der Waals surface area (Å²) in [6.07, 6.45) is 8.58. The Balaban J connectivity index is 0.951. The zero-order valence-electron chi connectivity index (χ0n) is 21.4. The van der Waals surface area contributed by atoms with Gasteiger partial charge in [-0.3, -0.25) is 9.69 Å². The lowest BCUT2D eigenvalue weighted by molar-refractivity contribution is -0.136. The summed E-state index contributed by atoms with van der Waals surface area (Å²) in [6.45, 7) is 7.97. The molecule has 8 nitrogen and oxygen atoms in total. The normalized spacial score (nSPS) is 20.9. The standard InChI is InChI=1S/C28H31N7OS/c1-18-7-10-29-26(30-18)21-3-5-23-20(13-21)4-6-24(23)34-16-28(17-34)8-11-33(12-9-28)25(36)14-22-15-35-27(31-22)37-19(2)32-35/h3,5,7,10,13,15,24H,4,6,8-9,11-12,14,16-17H2,1-2H3. The second-order valence-electron chi connectivity index (χ2n) is 11.0. The molecule has 37 heavy (non-hydrogen) atoms. The number of likely N-dealkylation sites (tertiary alicyclic amines) is 2. The Bertz CT molecular complexity index is 1460.